The summed E-state index contributed by atoms with van der Waals surface area (Å²) in [6, 6.07) is 4.37. The van der Waals surface area contributed by atoms with Crippen LogP contribution in [0.3, 0.4) is 0 Å². The van der Waals surface area contributed by atoms with Crippen LogP contribution in [-0.2, 0) is 0 Å². The number of rotatable bonds is 3. The van der Waals surface area contributed by atoms with Gasteiger partial charge in [-0.2, -0.15) is 0 Å². The number of nitrogens with two attached hydrogens (primary N) is 1. The maximum absolute atomic E-state index is 13.3. The molecule has 4 heteroatoms. The Hall–Kier alpha value is -1.42. The van der Waals surface area contributed by atoms with Gasteiger partial charge in [-0.15, -0.1) is 0 Å². The first-order valence-electron chi connectivity index (χ1n) is 6.34. The van der Waals surface area contributed by atoms with E-state index in [-0.39, 0.29) is 17.3 Å². The predicted molar refractivity (Wildman–Crippen MR) is 68.9 cm³/mol. The number of aryl methyl sites for hydroxylation is 1. The Kier molecular flexibility index (Phi) is 3.66. The summed E-state index contributed by atoms with van der Waals surface area (Å²) in [6.07, 6.45) is 3.98. The van der Waals surface area contributed by atoms with Crippen molar-refractivity contribution in [3.8, 4) is 0 Å². The first-order valence-corrected chi connectivity index (χ1v) is 6.34. The van der Waals surface area contributed by atoms with Crippen LogP contribution in [0.4, 0.5) is 4.39 Å². The average molecular weight is 250 g/mol. The summed E-state index contributed by atoms with van der Waals surface area (Å²) in [5.41, 5.74) is 6.58. The van der Waals surface area contributed by atoms with E-state index in [1.165, 1.54) is 12.1 Å². The summed E-state index contributed by atoms with van der Waals surface area (Å²) in [7, 11) is 0. The maximum atomic E-state index is 13.3. The standard InChI is InChI=1S/C14H19FN2O/c1-10-6-11(8-12(15)7-10)13(18)17-14(9-16)4-2-3-5-14/h6-8H,2-5,9,16H2,1H3,(H,17,18). The highest BCUT2D eigenvalue weighted by Crippen LogP contribution is 2.29. The van der Waals surface area contributed by atoms with Gasteiger partial charge in [0.15, 0.2) is 0 Å². The molecule has 0 bridgehead atoms. The fraction of sp³-hybridized carbons (Fsp3) is 0.500. The van der Waals surface area contributed by atoms with E-state index < -0.39 is 0 Å². The van der Waals surface area contributed by atoms with Gasteiger partial charge in [0.1, 0.15) is 5.82 Å². The number of carbonyl (C=O) groups is 1. The first-order chi connectivity index (χ1) is 8.54. The van der Waals surface area contributed by atoms with Gasteiger partial charge in [0.2, 0.25) is 0 Å². The molecule has 1 saturated carbocycles. The Morgan fingerprint density at radius 1 is 1.39 bits per heavy atom. The van der Waals surface area contributed by atoms with Gasteiger partial charge >= 0.3 is 0 Å². The number of benzene rings is 1. The predicted octanol–water partition coefficient (Wildman–Crippen LogP) is 2.14. The lowest BCUT2D eigenvalue weighted by molar-refractivity contribution is 0.0902. The maximum Gasteiger partial charge on any atom is 0.251 e. The molecular formula is C14H19FN2O. The molecule has 18 heavy (non-hydrogen) atoms. The lowest BCUT2D eigenvalue weighted by Gasteiger charge is -2.28. The Morgan fingerprint density at radius 3 is 2.61 bits per heavy atom. The van der Waals surface area contributed by atoms with Crippen LogP contribution in [0, 0.1) is 12.7 Å². The quantitative estimate of drug-likeness (QED) is 0.863. The summed E-state index contributed by atoms with van der Waals surface area (Å²) in [6.45, 7) is 2.21. The van der Waals surface area contributed by atoms with E-state index in [4.69, 9.17) is 5.73 Å². The van der Waals surface area contributed by atoms with Gasteiger partial charge in [-0.25, -0.2) is 4.39 Å². The van der Waals surface area contributed by atoms with E-state index >= 15 is 0 Å². The number of hydrogen-bond acceptors (Lipinski definition) is 2. The average Bonchev–Trinajstić information content (AvgIpc) is 2.77. The second-order valence-electron chi connectivity index (χ2n) is 5.16. The number of nitrogens with one attached hydrogen (secondary N) is 1. The van der Waals surface area contributed by atoms with E-state index in [2.05, 4.69) is 5.32 Å². The number of carbonyl (C=O) groups excluding carboxylic acids is 1. The van der Waals surface area contributed by atoms with E-state index in [1.54, 1.807) is 13.0 Å². The Balaban J connectivity index is 2.16. The van der Waals surface area contributed by atoms with Crippen molar-refractivity contribution in [3.05, 3.63) is 35.1 Å². The molecule has 1 aromatic rings. The topological polar surface area (TPSA) is 55.1 Å². The molecule has 3 nitrogen and oxygen atoms in total. The zero-order chi connectivity index (χ0) is 13.2. The highest BCUT2D eigenvalue weighted by atomic mass is 19.1. The third kappa shape index (κ3) is 2.70. The lowest BCUT2D eigenvalue weighted by atomic mass is 9.97. The molecule has 1 amide bonds. The highest BCUT2D eigenvalue weighted by Gasteiger charge is 2.34. The fourth-order valence-electron chi connectivity index (χ4n) is 2.61. The van der Waals surface area contributed by atoms with Crippen molar-refractivity contribution in [3.63, 3.8) is 0 Å². The summed E-state index contributed by atoms with van der Waals surface area (Å²) >= 11 is 0. The lowest BCUT2D eigenvalue weighted by Crippen LogP contribution is -2.51. The molecule has 3 N–H and O–H groups in total. The van der Waals surface area contributed by atoms with Crippen molar-refractivity contribution in [1.82, 2.24) is 5.32 Å². The van der Waals surface area contributed by atoms with E-state index in [0.29, 0.717) is 12.1 Å². The Bertz CT molecular complexity index is 433. The van der Waals surface area contributed by atoms with Gasteiger partial charge in [0, 0.05) is 12.1 Å². The second kappa shape index (κ2) is 5.06. The van der Waals surface area contributed by atoms with Crippen LogP contribution >= 0.6 is 0 Å². The SMILES string of the molecule is Cc1cc(F)cc(C(=O)NC2(CN)CCCC2)c1. The molecule has 1 aliphatic carbocycles. The minimum Gasteiger partial charge on any atom is -0.345 e. The number of halogens is 1. The molecule has 0 aliphatic heterocycles. The van der Waals surface area contributed by atoms with Crippen molar-refractivity contribution >= 4 is 5.91 Å². The minimum atomic E-state index is -0.381. The number of hydrogen-bond donors (Lipinski definition) is 2. The number of amides is 1. The Labute approximate surface area is 107 Å². The molecule has 0 heterocycles. The minimum absolute atomic E-state index is 0.232. The highest BCUT2D eigenvalue weighted by molar-refractivity contribution is 5.95. The van der Waals surface area contributed by atoms with E-state index in [1.807, 2.05) is 0 Å². The van der Waals surface area contributed by atoms with E-state index in [0.717, 1.165) is 31.2 Å². The molecule has 0 saturated heterocycles. The molecule has 0 radical (unpaired) electrons. The molecule has 0 atom stereocenters. The van der Waals surface area contributed by atoms with Crippen molar-refractivity contribution in [2.45, 2.75) is 38.1 Å². The van der Waals surface area contributed by atoms with Crippen LogP contribution < -0.4 is 11.1 Å². The molecule has 0 aromatic heterocycles. The third-order valence-corrected chi connectivity index (χ3v) is 3.63. The third-order valence-electron chi connectivity index (χ3n) is 3.63. The fourth-order valence-corrected chi connectivity index (χ4v) is 2.61. The van der Waals surface area contributed by atoms with Crippen LogP contribution in [0.2, 0.25) is 0 Å². The zero-order valence-electron chi connectivity index (χ0n) is 10.6. The molecular weight excluding hydrogens is 231 g/mol. The monoisotopic (exact) mass is 250 g/mol. The van der Waals surface area contributed by atoms with Crippen molar-refractivity contribution in [2.75, 3.05) is 6.54 Å². The summed E-state index contributed by atoms with van der Waals surface area (Å²) in [5, 5.41) is 2.98. The van der Waals surface area contributed by atoms with Gasteiger partial charge < -0.3 is 11.1 Å². The summed E-state index contributed by atoms with van der Waals surface area (Å²) in [5.74, 6) is -0.613. The van der Waals surface area contributed by atoms with Crippen LogP contribution in [0.25, 0.3) is 0 Å². The summed E-state index contributed by atoms with van der Waals surface area (Å²) in [4.78, 5) is 12.1. The van der Waals surface area contributed by atoms with E-state index in [9.17, 15) is 9.18 Å². The van der Waals surface area contributed by atoms with Crippen LogP contribution in [0.15, 0.2) is 18.2 Å². The molecule has 0 spiro atoms. The molecule has 98 valence electrons. The first kappa shape index (κ1) is 13.0. The molecule has 1 fully saturated rings. The summed E-state index contributed by atoms with van der Waals surface area (Å²) < 4.78 is 13.3. The normalized spacial score (nSPS) is 17.7. The van der Waals surface area contributed by atoms with Crippen molar-refractivity contribution < 1.29 is 9.18 Å². The van der Waals surface area contributed by atoms with Gasteiger partial charge in [0.25, 0.3) is 5.91 Å². The van der Waals surface area contributed by atoms with Gasteiger partial charge in [-0.3, -0.25) is 4.79 Å². The Morgan fingerprint density at radius 2 is 2.06 bits per heavy atom. The molecule has 2 rings (SSSR count). The smallest absolute Gasteiger partial charge is 0.251 e. The largest absolute Gasteiger partial charge is 0.345 e. The van der Waals surface area contributed by atoms with Crippen molar-refractivity contribution in [1.29, 1.82) is 0 Å². The molecule has 1 aliphatic rings. The van der Waals surface area contributed by atoms with Crippen LogP contribution in [0.1, 0.15) is 41.6 Å². The second-order valence-corrected chi connectivity index (χ2v) is 5.16. The van der Waals surface area contributed by atoms with Crippen molar-refractivity contribution in [2.24, 2.45) is 5.73 Å². The van der Waals surface area contributed by atoms with Crippen LogP contribution in [-0.4, -0.2) is 18.0 Å². The van der Waals surface area contributed by atoms with Gasteiger partial charge in [-0.1, -0.05) is 12.8 Å². The zero-order valence-corrected chi connectivity index (χ0v) is 10.6. The van der Waals surface area contributed by atoms with Gasteiger partial charge in [0.05, 0.1) is 5.54 Å². The van der Waals surface area contributed by atoms with Gasteiger partial charge in [-0.05, 0) is 43.5 Å². The molecule has 1 aromatic carbocycles. The van der Waals surface area contributed by atoms with Crippen LogP contribution in [0.5, 0.6) is 0 Å². The molecule has 0 unspecified atom stereocenters.